The molecule has 86 valence electrons. The molecule has 0 aromatic heterocycles. The number of halogens is 2. The summed E-state index contributed by atoms with van der Waals surface area (Å²) >= 11 is 0. The van der Waals surface area contributed by atoms with Gasteiger partial charge in [-0.2, -0.15) is 5.26 Å². The molecule has 0 N–H and O–H groups in total. The zero-order valence-electron chi connectivity index (χ0n) is 8.44. The number of nitrogens with zero attached hydrogens (tertiary/aromatic N) is 1. The summed E-state index contributed by atoms with van der Waals surface area (Å²) in [6.45, 7) is 0.550. The van der Waals surface area contributed by atoms with Crippen LogP contribution in [0.5, 0.6) is 0 Å². The van der Waals surface area contributed by atoms with E-state index in [1.54, 1.807) is 0 Å². The predicted molar refractivity (Wildman–Crippen MR) is 53.8 cm³/mol. The Morgan fingerprint density at radius 1 is 1.31 bits per heavy atom. The van der Waals surface area contributed by atoms with Crippen molar-refractivity contribution in [2.24, 2.45) is 0 Å². The highest BCUT2D eigenvalue weighted by atomic mass is 32.2. The molecule has 0 aliphatic heterocycles. The topological polar surface area (TPSA) is 57.9 Å². The number of hydrogen-bond acceptors (Lipinski definition) is 3. The number of alkyl halides is 2. The van der Waals surface area contributed by atoms with Gasteiger partial charge in [0.1, 0.15) is 5.75 Å². The van der Waals surface area contributed by atoms with Gasteiger partial charge < -0.3 is 0 Å². The molecule has 0 spiro atoms. The van der Waals surface area contributed by atoms with Gasteiger partial charge in [0.2, 0.25) is 0 Å². The Bertz CT molecular complexity index is 509. The molecule has 1 rings (SSSR count). The quantitative estimate of drug-likeness (QED) is 0.818. The Labute approximate surface area is 92.2 Å². The first-order chi connectivity index (χ1) is 7.24. The van der Waals surface area contributed by atoms with E-state index < -0.39 is 21.5 Å². The van der Waals surface area contributed by atoms with E-state index in [1.165, 1.54) is 12.1 Å². The van der Waals surface area contributed by atoms with Gasteiger partial charge in [-0.25, -0.2) is 17.2 Å². The molecule has 6 heteroatoms. The van der Waals surface area contributed by atoms with Gasteiger partial charge in [0.25, 0.3) is 5.92 Å². The van der Waals surface area contributed by atoms with Crippen LogP contribution in [-0.4, -0.2) is 20.1 Å². The zero-order chi connectivity index (χ0) is 12.4. The molecule has 0 unspecified atom stereocenters. The van der Waals surface area contributed by atoms with Crippen LogP contribution >= 0.6 is 0 Å². The molecule has 0 saturated heterocycles. The third kappa shape index (κ3) is 3.28. The van der Waals surface area contributed by atoms with E-state index >= 15 is 0 Å². The van der Waals surface area contributed by atoms with Crippen LogP contribution in [0.1, 0.15) is 12.5 Å². The van der Waals surface area contributed by atoms with E-state index in [-0.39, 0.29) is 10.5 Å². The molecule has 0 atom stereocenters. The number of nitriles is 1. The Morgan fingerprint density at radius 3 is 2.19 bits per heavy atom. The van der Waals surface area contributed by atoms with E-state index in [9.17, 15) is 17.2 Å². The van der Waals surface area contributed by atoms with Crippen LogP contribution in [0.15, 0.2) is 29.2 Å². The van der Waals surface area contributed by atoms with Crippen molar-refractivity contribution in [2.45, 2.75) is 17.7 Å². The highest BCUT2D eigenvalue weighted by molar-refractivity contribution is 7.91. The van der Waals surface area contributed by atoms with E-state index in [2.05, 4.69) is 0 Å². The SMILES string of the molecule is CC(F)(F)CS(=O)(=O)c1ccc(C#N)cc1. The first kappa shape index (κ1) is 12.6. The molecule has 0 bridgehead atoms. The molecule has 0 aliphatic rings. The second kappa shape index (κ2) is 4.18. The first-order valence-corrected chi connectivity index (χ1v) is 6.00. The lowest BCUT2D eigenvalue weighted by atomic mass is 10.2. The molecular formula is C10H9F2NO2S. The van der Waals surface area contributed by atoms with Crippen LogP contribution in [0.2, 0.25) is 0 Å². The minimum absolute atomic E-state index is 0.201. The number of rotatable bonds is 3. The molecule has 0 amide bonds. The van der Waals surface area contributed by atoms with Crippen molar-refractivity contribution >= 4 is 9.84 Å². The third-order valence-corrected chi connectivity index (χ3v) is 3.66. The second-order valence-corrected chi connectivity index (χ2v) is 5.46. The lowest BCUT2D eigenvalue weighted by Gasteiger charge is -2.10. The fraction of sp³-hybridized carbons (Fsp3) is 0.300. The molecule has 0 heterocycles. The highest BCUT2D eigenvalue weighted by Gasteiger charge is 2.30. The summed E-state index contributed by atoms with van der Waals surface area (Å²) in [7, 11) is -4.00. The summed E-state index contributed by atoms with van der Waals surface area (Å²) in [4.78, 5) is -0.201. The number of hydrogen-bond donors (Lipinski definition) is 0. The lowest BCUT2D eigenvalue weighted by Crippen LogP contribution is -2.24. The van der Waals surface area contributed by atoms with Crippen molar-refractivity contribution in [1.82, 2.24) is 0 Å². The fourth-order valence-corrected chi connectivity index (χ4v) is 2.54. The van der Waals surface area contributed by atoms with Crippen LogP contribution in [0, 0.1) is 11.3 Å². The van der Waals surface area contributed by atoms with Gasteiger partial charge in [0.15, 0.2) is 9.84 Å². The van der Waals surface area contributed by atoms with E-state index in [4.69, 9.17) is 5.26 Å². The van der Waals surface area contributed by atoms with E-state index in [0.29, 0.717) is 6.92 Å². The first-order valence-electron chi connectivity index (χ1n) is 4.35. The summed E-state index contributed by atoms with van der Waals surface area (Å²) in [5.74, 6) is -4.50. The fourth-order valence-electron chi connectivity index (χ4n) is 1.15. The Balaban J connectivity index is 3.05. The minimum atomic E-state index is -4.00. The monoisotopic (exact) mass is 245 g/mol. The Morgan fingerprint density at radius 2 is 1.81 bits per heavy atom. The van der Waals surface area contributed by atoms with Crippen molar-refractivity contribution < 1.29 is 17.2 Å². The molecule has 0 radical (unpaired) electrons. The average molecular weight is 245 g/mol. The van der Waals surface area contributed by atoms with E-state index in [0.717, 1.165) is 12.1 Å². The smallest absolute Gasteiger partial charge is 0.223 e. The van der Waals surface area contributed by atoms with Crippen molar-refractivity contribution in [3.05, 3.63) is 29.8 Å². The maximum absolute atomic E-state index is 12.6. The maximum Gasteiger partial charge on any atom is 0.259 e. The average Bonchev–Trinajstić information content (AvgIpc) is 2.14. The van der Waals surface area contributed by atoms with Crippen molar-refractivity contribution in [1.29, 1.82) is 5.26 Å². The largest absolute Gasteiger partial charge is 0.259 e. The van der Waals surface area contributed by atoms with Crippen LogP contribution in [0.3, 0.4) is 0 Å². The zero-order valence-corrected chi connectivity index (χ0v) is 9.26. The van der Waals surface area contributed by atoms with Gasteiger partial charge >= 0.3 is 0 Å². The summed E-state index contributed by atoms with van der Waals surface area (Å²) in [5.41, 5.74) is 0.280. The lowest BCUT2D eigenvalue weighted by molar-refractivity contribution is 0.0473. The van der Waals surface area contributed by atoms with Crippen molar-refractivity contribution in [3.8, 4) is 6.07 Å². The Hall–Kier alpha value is -1.48. The standard InChI is InChI=1S/C10H9F2NO2S/c1-10(11,12)7-16(14,15)9-4-2-8(6-13)3-5-9/h2-5H,7H2,1H3. The van der Waals surface area contributed by atoms with Gasteiger partial charge in [-0.05, 0) is 24.3 Å². The summed E-state index contributed by atoms with van der Waals surface area (Å²) in [6, 6.07) is 6.67. The molecule has 16 heavy (non-hydrogen) atoms. The molecule has 0 aliphatic carbocycles. The predicted octanol–water partition coefficient (Wildman–Crippen LogP) is 1.99. The minimum Gasteiger partial charge on any atom is -0.223 e. The van der Waals surface area contributed by atoms with Gasteiger partial charge in [0.05, 0.1) is 16.5 Å². The number of benzene rings is 1. The van der Waals surface area contributed by atoms with Crippen LogP contribution in [0.4, 0.5) is 8.78 Å². The van der Waals surface area contributed by atoms with Gasteiger partial charge in [-0.15, -0.1) is 0 Å². The Kier molecular flexibility index (Phi) is 3.29. The van der Waals surface area contributed by atoms with Gasteiger partial charge in [0, 0.05) is 6.92 Å². The third-order valence-electron chi connectivity index (χ3n) is 1.79. The van der Waals surface area contributed by atoms with Crippen LogP contribution < -0.4 is 0 Å². The van der Waals surface area contributed by atoms with Gasteiger partial charge in [-0.1, -0.05) is 0 Å². The molecule has 1 aromatic carbocycles. The molecular weight excluding hydrogens is 236 g/mol. The summed E-state index contributed by atoms with van der Waals surface area (Å²) in [5, 5.41) is 8.50. The maximum atomic E-state index is 12.6. The normalized spacial score (nSPS) is 12.1. The van der Waals surface area contributed by atoms with E-state index in [1.807, 2.05) is 6.07 Å². The molecule has 0 fully saturated rings. The van der Waals surface area contributed by atoms with Crippen LogP contribution in [-0.2, 0) is 9.84 Å². The van der Waals surface area contributed by atoms with Gasteiger partial charge in [-0.3, -0.25) is 0 Å². The second-order valence-electron chi connectivity index (χ2n) is 3.47. The number of sulfone groups is 1. The summed E-state index contributed by atoms with van der Waals surface area (Å²) < 4.78 is 48.2. The van der Waals surface area contributed by atoms with Crippen LogP contribution in [0.25, 0.3) is 0 Å². The molecule has 1 aromatic rings. The van der Waals surface area contributed by atoms with Crippen molar-refractivity contribution in [3.63, 3.8) is 0 Å². The highest BCUT2D eigenvalue weighted by Crippen LogP contribution is 2.20. The molecule has 0 saturated carbocycles. The van der Waals surface area contributed by atoms with Crippen molar-refractivity contribution in [2.75, 3.05) is 5.75 Å². The summed E-state index contributed by atoms with van der Waals surface area (Å²) in [6.07, 6.45) is 0. The molecule has 3 nitrogen and oxygen atoms in total.